The van der Waals surface area contributed by atoms with Gasteiger partial charge in [-0.15, -0.1) is 0 Å². The fourth-order valence-electron chi connectivity index (χ4n) is 2.67. The van der Waals surface area contributed by atoms with E-state index in [1.807, 2.05) is 48.8 Å². The van der Waals surface area contributed by atoms with Crippen LogP contribution in [0.3, 0.4) is 0 Å². The molecule has 2 rings (SSSR count). The van der Waals surface area contributed by atoms with E-state index in [2.05, 4.69) is 36.0 Å². The molecule has 0 saturated heterocycles. The van der Waals surface area contributed by atoms with Gasteiger partial charge in [-0.2, -0.15) is 0 Å². The highest BCUT2D eigenvalue weighted by molar-refractivity contribution is 6.09. The summed E-state index contributed by atoms with van der Waals surface area (Å²) in [7, 11) is 0. The third-order valence-corrected chi connectivity index (χ3v) is 4.22. The minimum atomic E-state index is 0.212. The second-order valence-electron chi connectivity index (χ2n) is 6.91. The summed E-state index contributed by atoms with van der Waals surface area (Å²) in [6, 6.07) is 10.3. The molecule has 1 heterocycles. The molecule has 0 radical (unpaired) electrons. The number of anilines is 1. The number of aromatic nitrogens is 1. The van der Waals surface area contributed by atoms with Crippen LogP contribution in [0.1, 0.15) is 37.0 Å². The van der Waals surface area contributed by atoms with Crippen LogP contribution in [0.4, 0.5) is 5.69 Å². The smallest absolute Gasteiger partial charge is 0.186 e. The van der Waals surface area contributed by atoms with Crippen molar-refractivity contribution in [3.05, 3.63) is 84.7 Å². The van der Waals surface area contributed by atoms with Gasteiger partial charge in [0.05, 0.1) is 6.26 Å². The average molecular weight is 404 g/mol. The molecule has 1 aromatic heterocycles. The molecule has 156 valence electrons. The first-order chi connectivity index (χ1) is 14.5. The van der Waals surface area contributed by atoms with Gasteiger partial charge in [0.1, 0.15) is 0 Å². The predicted octanol–water partition coefficient (Wildman–Crippen LogP) is 5.22. The van der Waals surface area contributed by atoms with E-state index in [1.165, 1.54) is 12.5 Å². The summed E-state index contributed by atoms with van der Waals surface area (Å²) in [6.07, 6.45) is 13.1. The molecule has 6 heteroatoms. The van der Waals surface area contributed by atoms with Gasteiger partial charge in [0.2, 0.25) is 0 Å². The lowest BCUT2D eigenvalue weighted by Gasteiger charge is -2.09. The van der Waals surface area contributed by atoms with Gasteiger partial charge < -0.3 is 20.8 Å². The number of hydrogen-bond acceptors (Lipinski definition) is 6. The molecule has 4 N–H and O–H groups in total. The lowest BCUT2D eigenvalue weighted by molar-refractivity contribution is 0.453. The number of allylic oxidation sites excluding steroid dienone is 1. The lowest BCUT2D eigenvalue weighted by Crippen LogP contribution is -2.16. The maximum atomic E-state index is 7.73. The Morgan fingerprint density at radius 3 is 2.67 bits per heavy atom. The van der Waals surface area contributed by atoms with Crippen molar-refractivity contribution in [2.24, 2.45) is 0 Å². The summed E-state index contributed by atoms with van der Waals surface area (Å²) >= 11 is 0. The molecule has 0 saturated carbocycles. The van der Waals surface area contributed by atoms with Gasteiger partial charge in [0.15, 0.2) is 5.90 Å². The van der Waals surface area contributed by atoms with Crippen LogP contribution >= 0.6 is 0 Å². The van der Waals surface area contributed by atoms with Crippen LogP contribution in [0.2, 0.25) is 0 Å². The first-order valence-corrected chi connectivity index (χ1v) is 9.81. The zero-order valence-corrected chi connectivity index (χ0v) is 17.5. The van der Waals surface area contributed by atoms with E-state index in [0.717, 1.165) is 34.4 Å². The standard InChI is InChI=1S/C24H29N5O/c1-4-30-24(26)10-7-19-5-8-22(9-6-19)28-14-11-20-16-27-13-12-23(20)21(15-25)17-29-18(2)3/h4-6,8-9,11-18,25-26,28-29H,1,7,10H2,2-3H3/b14-11+,21-17+,25-15?,26-24?. The van der Waals surface area contributed by atoms with Crippen molar-refractivity contribution in [3.8, 4) is 0 Å². The highest BCUT2D eigenvalue weighted by atomic mass is 16.5. The fraction of sp³-hybridized carbons (Fsp3) is 0.208. The number of benzene rings is 1. The largest absolute Gasteiger partial charge is 0.452 e. The Hall–Kier alpha value is -3.67. The van der Waals surface area contributed by atoms with E-state index < -0.39 is 0 Å². The monoisotopic (exact) mass is 403 g/mol. The van der Waals surface area contributed by atoms with E-state index >= 15 is 0 Å². The minimum absolute atomic E-state index is 0.212. The van der Waals surface area contributed by atoms with E-state index in [1.54, 1.807) is 12.4 Å². The highest BCUT2D eigenvalue weighted by Crippen LogP contribution is 2.18. The molecule has 0 spiro atoms. The summed E-state index contributed by atoms with van der Waals surface area (Å²) in [5.74, 6) is 0.212. The Morgan fingerprint density at radius 1 is 1.23 bits per heavy atom. The lowest BCUT2D eigenvalue weighted by atomic mass is 10.0. The Morgan fingerprint density at radius 2 is 2.00 bits per heavy atom. The van der Waals surface area contributed by atoms with Crippen molar-refractivity contribution in [2.45, 2.75) is 32.7 Å². The topological polar surface area (TPSA) is 93.9 Å². The van der Waals surface area contributed by atoms with Gasteiger partial charge in [0.25, 0.3) is 0 Å². The van der Waals surface area contributed by atoms with Crippen molar-refractivity contribution in [1.29, 1.82) is 10.8 Å². The van der Waals surface area contributed by atoms with E-state index in [4.69, 9.17) is 15.6 Å². The fourth-order valence-corrected chi connectivity index (χ4v) is 2.67. The second kappa shape index (κ2) is 12.0. The van der Waals surface area contributed by atoms with Crippen molar-refractivity contribution in [1.82, 2.24) is 10.3 Å². The van der Waals surface area contributed by atoms with Crippen LogP contribution in [0.25, 0.3) is 11.6 Å². The maximum absolute atomic E-state index is 7.73. The number of nitrogens with zero attached hydrogens (tertiary/aromatic N) is 1. The molecule has 0 aliphatic rings. The molecule has 0 aliphatic carbocycles. The van der Waals surface area contributed by atoms with Crippen LogP contribution in [-0.4, -0.2) is 23.1 Å². The van der Waals surface area contributed by atoms with Crippen LogP contribution < -0.4 is 10.6 Å². The molecule has 0 unspecified atom stereocenters. The Bertz CT molecular complexity index is 913. The second-order valence-corrected chi connectivity index (χ2v) is 6.91. The van der Waals surface area contributed by atoms with Gasteiger partial charge in [-0.1, -0.05) is 18.7 Å². The zero-order valence-electron chi connectivity index (χ0n) is 17.5. The predicted molar refractivity (Wildman–Crippen MR) is 126 cm³/mol. The third-order valence-electron chi connectivity index (χ3n) is 4.22. The molecule has 1 aromatic carbocycles. The molecule has 2 aromatic rings. The molecule has 6 nitrogen and oxygen atoms in total. The summed E-state index contributed by atoms with van der Waals surface area (Å²) in [6.45, 7) is 7.57. The van der Waals surface area contributed by atoms with Gasteiger partial charge in [-0.3, -0.25) is 10.4 Å². The molecular weight excluding hydrogens is 374 g/mol. The van der Waals surface area contributed by atoms with Crippen LogP contribution in [0.15, 0.2) is 68.0 Å². The Balaban J connectivity index is 2.02. The van der Waals surface area contributed by atoms with Gasteiger partial charge in [-0.05, 0) is 55.7 Å². The molecular formula is C24H29N5O. The van der Waals surface area contributed by atoms with E-state index in [-0.39, 0.29) is 5.90 Å². The number of pyridine rings is 1. The van der Waals surface area contributed by atoms with Gasteiger partial charge in [0, 0.05) is 60.3 Å². The van der Waals surface area contributed by atoms with E-state index in [9.17, 15) is 0 Å². The van der Waals surface area contributed by atoms with Crippen molar-refractivity contribution < 1.29 is 4.74 Å². The molecule has 0 atom stereocenters. The van der Waals surface area contributed by atoms with Crippen LogP contribution in [0, 0.1) is 10.8 Å². The van der Waals surface area contributed by atoms with Crippen molar-refractivity contribution in [2.75, 3.05) is 5.32 Å². The summed E-state index contributed by atoms with van der Waals surface area (Å²) < 4.78 is 4.94. The van der Waals surface area contributed by atoms with Crippen molar-refractivity contribution >= 4 is 29.4 Å². The zero-order chi connectivity index (χ0) is 21.8. The summed E-state index contributed by atoms with van der Waals surface area (Å²) in [5, 5.41) is 21.8. The number of nitrogens with one attached hydrogen (secondary N) is 4. The minimum Gasteiger partial charge on any atom is -0.452 e. The van der Waals surface area contributed by atoms with E-state index in [0.29, 0.717) is 12.5 Å². The number of rotatable bonds is 11. The van der Waals surface area contributed by atoms with Crippen molar-refractivity contribution in [3.63, 3.8) is 0 Å². The first kappa shape index (κ1) is 22.6. The van der Waals surface area contributed by atoms with Gasteiger partial charge >= 0.3 is 0 Å². The molecule has 0 bridgehead atoms. The normalized spacial score (nSPS) is 11.4. The van der Waals surface area contributed by atoms with Crippen LogP contribution in [-0.2, 0) is 11.2 Å². The number of aryl methyl sites for hydroxylation is 1. The first-order valence-electron chi connectivity index (χ1n) is 9.81. The maximum Gasteiger partial charge on any atom is 0.186 e. The quantitative estimate of drug-likeness (QED) is 0.235. The SMILES string of the molecule is C=COC(=N)CCc1ccc(N/C=C/c2cnccc2/C(C=N)=C/NC(C)C)cc1. The Kier molecular flexibility index (Phi) is 9.06. The average Bonchev–Trinajstić information content (AvgIpc) is 2.74. The molecule has 0 fully saturated rings. The summed E-state index contributed by atoms with van der Waals surface area (Å²) in [4.78, 5) is 4.21. The number of hydrogen-bond donors (Lipinski definition) is 4. The Labute approximate surface area is 178 Å². The molecule has 0 amide bonds. The third kappa shape index (κ3) is 7.39. The number of ether oxygens (including phenoxy) is 1. The van der Waals surface area contributed by atoms with Gasteiger partial charge in [-0.25, -0.2) is 0 Å². The van der Waals surface area contributed by atoms with Crippen LogP contribution in [0.5, 0.6) is 0 Å². The highest BCUT2D eigenvalue weighted by Gasteiger charge is 2.04. The molecule has 30 heavy (non-hydrogen) atoms. The molecule has 0 aliphatic heterocycles. The summed E-state index contributed by atoms with van der Waals surface area (Å²) in [5.41, 5.74) is 4.74.